The fourth-order valence-electron chi connectivity index (χ4n) is 3.02. The van der Waals surface area contributed by atoms with Crippen LogP contribution in [0.5, 0.6) is 0 Å². The monoisotopic (exact) mass is 402 g/mol. The van der Waals surface area contributed by atoms with E-state index in [1.807, 2.05) is 13.0 Å². The lowest BCUT2D eigenvalue weighted by molar-refractivity contribution is -0.121. The molecule has 1 amide bonds. The Morgan fingerprint density at radius 3 is 2.64 bits per heavy atom. The van der Waals surface area contributed by atoms with E-state index in [9.17, 15) is 14.0 Å². The molecule has 28 heavy (non-hydrogen) atoms. The van der Waals surface area contributed by atoms with E-state index >= 15 is 0 Å². The third kappa shape index (κ3) is 3.87. The SMILES string of the molecule is CCNC(=O)[C@@H](C)N(C)c1ccc2c(-c3ccc(F)cc3Cl)cc(=O)oc2c1. The minimum Gasteiger partial charge on any atom is -0.423 e. The quantitative estimate of drug-likeness (QED) is 0.649. The highest BCUT2D eigenvalue weighted by Gasteiger charge is 2.19. The van der Waals surface area contributed by atoms with Crippen molar-refractivity contribution in [3.63, 3.8) is 0 Å². The molecule has 1 atom stereocenters. The van der Waals surface area contributed by atoms with Gasteiger partial charge in [-0.2, -0.15) is 0 Å². The number of anilines is 1. The van der Waals surface area contributed by atoms with Gasteiger partial charge in [0, 0.05) is 47.9 Å². The summed E-state index contributed by atoms with van der Waals surface area (Å²) in [6, 6.07) is 10.3. The molecule has 1 heterocycles. The van der Waals surface area contributed by atoms with Crippen LogP contribution in [-0.4, -0.2) is 25.5 Å². The van der Waals surface area contributed by atoms with Crippen LogP contribution in [0.4, 0.5) is 10.1 Å². The number of nitrogens with one attached hydrogen (secondary N) is 1. The molecule has 0 fully saturated rings. The molecular formula is C21H20ClFN2O3. The first-order valence-electron chi connectivity index (χ1n) is 8.85. The summed E-state index contributed by atoms with van der Waals surface area (Å²) >= 11 is 6.18. The maximum atomic E-state index is 13.4. The van der Waals surface area contributed by atoms with Crippen molar-refractivity contribution < 1.29 is 13.6 Å². The van der Waals surface area contributed by atoms with Gasteiger partial charge in [0.15, 0.2) is 0 Å². The van der Waals surface area contributed by atoms with Crippen LogP contribution in [0.25, 0.3) is 22.1 Å². The van der Waals surface area contributed by atoms with E-state index in [0.717, 1.165) is 5.69 Å². The maximum absolute atomic E-state index is 13.4. The highest BCUT2D eigenvalue weighted by atomic mass is 35.5. The molecule has 0 saturated carbocycles. The number of hydrogen-bond donors (Lipinski definition) is 1. The maximum Gasteiger partial charge on any atom is 0.336 e. The van der Waals surface area contributed by atoms with E-state index in [0.29, 0.717) is 28.6 Å². The molecule has 3 rings (SSSR count). The topological polar surface area (TPSA) is 62.6 Å². The number of halogens is 2. The number of nitrogens with zero attached hydrogens (tertiary/aromatic N) is 1. The minimum absolute atomic E-state index is 0.0987. The number of fused-ring (bicyclic) bond motifs is 1. The summed E-state index contributed by atoms with van der Waals surface area (Å²) in [5.74, 6) is -0.553. The van der Waals surface area contributed by atoms with Gasteiger partial charge in [-0.1, -0.05) is 11.6 Å². The number of carbonyl (C=O) groups is 1. The summed E-state index contributed by atoms with van der Waals surface area (Å²) in [4.78, 5) is 26.0. The summed E-state index contributed by atoms with van der Waals surface area (Å²) in [5.41, 5.74) is 1.63. The second-order valence-electron chi connectivity index (χ2n) is 6.47. The third-order valence-corrected chi connectivity index (χ3v) is 4.98. The van der Waals surface area contributed by atoms with Gasteiger partial charge in [-0.25, -0.2) is 9.18 Å². The van der Waals surface area contributed by atoms with Gasteiger partial charge in [0.25, 0.3) is 0 Å². The van der Waals surface area contributed by atoms with E-state index in [2.05, 4.69) is 5.32 Å². The molecule has 0 radical (unpaired) electrons. The van der Waals surface area contributed by atoms with Crippen LogP contribution in [0.1, 0.15) is 13.8 Å². The first-order valence-corrected chi connectivity index (χ1v) is 9.23. The molecule has 146 valence electrons. The average molecular weight is 403 g/mol. The van der Waals surface area contributed by atoms with Crippen LogP contribution in [0.2, 0.25) is 5.02 Å². The van der Waals surface area contributed by atoms with Crippen molar-refractivity contribution in [3.05, 3.63) is 63.7 Å². The molecule has 0 aliphatic carbocycles. The normalized spacial score (nSPS) is 12.0. The summed E-state index contributed by atoms with van der Waals surface area (Å²) in [7, 11) is 1.79. The first-order chi connectivity index (χ1) is 13.3. The molecule has 1 N–H and O–H groups in total. The Labute approximate surface area is 166 Å². The van der Waals surface area contributed by atoms with Crippen LogP contribution in [0.3, 0.4) is 0 Å². The van der Waals surface area contributed by atoms with E-state index in [-0.39, 0.29) is 10.9 Å². The number of amides is 1. The molecule has 2 aromatic carbocycles. The van der Waals surface area contributed by atoms with E-state index in [1.54, 1.807) is 31.0 Å². The van der Waals surface area contributed by atoms with Gasteiger partial charge in [-0.15, -0.1) is 0 Å². The van der Waals surface area contributed by atoms with Crippen LogP contribution in [-0.2, 0) is 4.79 Å². The summed E-state index contributed by atoms with van der Waals surface area (Å²) in [6.07, 6.45) is 0. The van der Waals surface area contributed by atoms with Gasteiger partial charge in [0.1, 0.15) is 17.4 Å². The molecule has 7 heteroatoms. The van der Waals surface area contributed by atoms with Gasteiger partial charge < -0.3 is 14.6 Å². The molecule has 5 nitrogen and oxygen atoms in total. The molecule has 0 saturated heterocycles. The second-order valence-corrected chi connectivity index (χ2v) is 6.87. The molecule has 0 spiro atoms. The number of rotatable bonds is 5. The largest absolute Gasteiger partial charge is 0.423 e. The number of benzene rings is 2. The fraction of sp³-hybridized carbons (Fsp3) is 0.238. The fourth-order valence-corrected chi connectivity index (χ4v) is 3.29. The standard InChI is InChI=1S/C21H20ClFN2O3/c1-4-24-21(27)12(2)25(3)14-6-8-16-17(11-20(26)28-19(16)10-14)15-7-5-13(23)9-18(15)22/h5-12H,4H2,1-3H3,(H,24,27)/t12-/m1/s1. The second kappa shape index (κ2) is 8.02. The number of likely N-dealkylation sites (N-methyl/N-ethyl adjacent to an activating group) is 2. The summed E-state index contributed by atoms with van der Waals surface area (Å²) in [6.45, 7) is 4.20. The Bertz CT molecular complexity index is 1100. The summed E-state index contributed by atoms with van der Waals surface area (Å²) < 4.78 is 18.8. The third-order valence-electron chi connectivity index (χ3n) is 4.67. The Morgan fingerprint density at radius 1 is 1.21 bits per heavy atom. The van der Waals surface area contributed by atoms with Gasteiger partial charge in [-0.3, -0.25) is 4.79 Å². The van der Waals surface area contributed by atoms with Crippen molar-refractivity contribution >= 4 is 34.2 Å². The van der Waals surface area contributed by atoms with Gasteiger partial charge in [0.05, 0.1) is 5.02 Å². The molecular weight excluding hydrogens is 383 g/mol. The van der Waals surface area contributed by atoms with Crippen molar-refractivity contribution in [3.8, 4) is 11.1 Å². The van der Waals surface area contributed by atoms with Crippen molar-refractivity contribution in [1.82, 2.24) is 5.32 Å². The van der Waals surface area contributed by atoms with Crippen molar-refractivity contribution in [2.75, 3.05) is 18.5 Å². The predicted molar refractivity (Wildman–Crippen MR) is 109 cm³/mol. The Morgan fingerprint density at radius 2 is 1.96 bits per heavy atom. The molecule has 0 aliphatic rings. The lowest BCUT2D eigenvalue weighted by Crippen LogP contribution is -2.43. The minimum atomic E-state index is -0.542. The average Bonchev–Trinajstić information content (AvgIpc) is 2.66. The van der Waals surface area contributed by atoms with E-state index in [1.165, 1.54) is 24.3 Å². The molecule has 3 aromatic rings. The predicted octanol–water partition coefficient (Wildman–Crippen LogP) is 4.21. The first kappa shape index (κ1) is 19.9. The van der Waals surface area contributed by atoms with Gasteiger partial charge >= 0.3 is 5.63 Å². The van der Waals surface area contributed by atoms with Gasteiger partial charge in [0.2, 0.25) is 5.91 Å². The van der Waals surface area contributed by atoms with Crippen LogP contribution < -0.4 is 15.8 Å². The Hall–Kier alpha value is -2.86. The molecule has 0 aliphatic heterocycles. The lowest BCUT2D eigenvalue weighted by atomic mass is 10.0. The molecule has 0 unspecified atom stereocenters. The Kier molecular flexibility index (Phi) is 5.70. The lowest BCUT2D eigenvalue weighted by Gasteiger charge is -2.26. The van der Waals surface area contributed by atoms with Crippen molar-refractivity contribution in [2.45, 2.75) is 19.9 Å². The van der Waals surface area contributed by atoms with Crippen LogP contribution in [0, 0.1) is 5.82 Å². The zero-order chi connectivity index (χ0) is 20.4. The highest BCUT2D eigenvalue weighted by Crippen LogP contribution is 2.34. The molecule has 0 bridgehead atoms. The summed E-state index contributed by atoms with van der Waals surface area (Å²) in [5, 5.41) is 3.65. The van der Waals surface area contributed by atoms with Crippen molar-refractivity contribution in [2.24, 2.45) is 0 Å². The van der Waals surface area contributed by atoms with E-state index in [4.69, 9.17) is 16.0 Å². The van der Waals surface area contributed by atoms with Crippen LogP contribution >= 0.6 is 11.6 Å². The zero-order valence-electron chi connectivity index (χ0n) is 15.8. The zero-order valence-corrected chi connectivity index (χ0v) is 16.5. The van der Waals surface area contributed by atoms with E-state index < -0.39 is 17.5 Å². The van der Waals surface area contributed by atoms with Crippen LogP contribution in [0.15, 0.2) is 51.7 Å². The van der Waals surface area contributed by atoms with Gasteiger partial charge in [-0.05, 0) is 44.2 Å². The number of hydrogen-bond acceptors (Lipinski definition) is 4. The number of carbonyl (C=O) groups excluding carboxylic acids is 1. The smallest absolute Gasteiger partial charge is 0.336 e. The van der Waals surface area contributed by atoms with Crippen molar-refractivity contribution in [1.29, 1.82) is 0 Å². The highest BCUT2D eigenvalue weighted by molar-refractivity contribution is 6.33. The Balaban J connectivity index is 2.09. The molecule has 1 aromatic heterocycles.